The van der Waals surface area contributed by atoms with Gasteiger partial charge in [-0.3, -0.25) is 0 Å². The van der Waals surface area contributed by atoms with E-state index < -0.39 is 0 Å². The fraction of sp³-hybridized carbons (Fsp3) is 0.400. The number of aryl methyl sites for hydroxylation is 1. The Morgan fingerprint density at radius 3 is 2.69 bits per heavy atom. The van der Waals surface area contributed by atoms with Crippen LogP contribution in [0.15, 0.2) is 22.7 Å². The van der Waals surface area contributed by atoms with E-state index in [2.05, 4.69) is 46.0 Å². The van der Waals surface area contributed by atoms with Crippen LogP contribution in [0.1, 0.15) is 5.56 Å². The molecule has 1 fully saturated rings. The van der Waals surface area contributed by atoms with Crippen LogP contribution in [0, 0.1) is 6.92 Å². The maximum Gasteiger partial charge on any atom is 0.0397 e. The zero-order valence-corrected chi connectivity index (χ0v) is 9.21. The van der Waals surface area contributed by atoms with Crippen LogP contribution in [0.4, 0.5) is 5.69 Å². The van der Waals surface area contributed by atoms with Gasteiger partial charge in [0.15, 0.2) is 0 Å². The highest BCUT2D eigenvalue weighted by Crippen LogP contribution is 2.26. The fourth-order valence-corrected chi connectivity index (χ4v) is 2.16. The van der Waals surface area contributed by atoms with E-state index >= 15 is 0 Å². The third-order valence-electron chi connectivity index (χ3n) is 2.41. The van der Waals surface area contributed by atoms with Crippen molar-refractivity contribution >= 4 is 21.6 Å². The molecule has 0 saturated carbocycles. The molecule has 1 aliphatic rings. The Bertz CT molecular complexity index is 319. The van der Waals surface area contributed by atoms with Crippen molar-refractivity contribution in [2.45, 2.75) is 13.0 Å². The molecule has 0 spiro atoms. The molecular weight excluding hydrogens is 228 g/mol. The number of nitrogens with zero attached hydrogens (tertiary/aromatic N) is 1. The van der Waals surface area contributed by atoms with Gasteiger partial charge in [0.2, 0.25) is 0 Å². The molecule has 2 N–H and O–H groups in total. The summed E-state index contributed by atoms with van der Waals surface area (Å²) in [4.78, 5) is 2.31. The lowest BCUT2D eigenvalue weighted by atomic mass is 10.1. The van der Waals surface area contributed by atoms with E-state index in [4.69, 9.17) is 5.73 Å². The van der Waals surface area contributed by atoms with E-state index in [0.717, 1.165) is 17.6 Å². The van der Waals surface area contributed by atoms with Crippen molar-refractivity contribution in [3.05, 3.63) is 28.2 Å². The van der Waals surface area contributed by atoms with Gasteiger partial charge in [-0.1, -0.05) is 15.9 Å². The molecule has 70 valence electrons. The molecule has 0 aromatic heterocycles. The fourth-order valence-electron chi connectivity index (χ4n) is 1.68. The molecule has 1 heterocycles. The molecule has 0 atom stereocenters. The molecular formula is C10H13BrN2. The van der Waals surface area contributed by atoms with Crippen molar-refractivity contribution < 1.29 is 0 Å². The first kappa shape index (κ1) is 9.03. The SMILES string of the molecule is Cc1cc(Br)ccc1N1CC(N)C1. The second-order valence-corrected chi connectivity index (χ2v) is 4.51. The molecule has 1 aromatic carbocycles. The molecule has 1 aliphatic heterocycles. The van der Waals surface area contributed by atoms with Crippen LogP contribution in [0.25, 0.3) is 0 Å². The number of hydrogen-bond acceptors (Lipinski definition) is 2. The quantitative estimate of drug-likeness (QED) is 0.813. The van der Waals surface area contributed by atoms with Crippen LogP contribution in [-0.2, 0) is 0 Å². The van der Waals surface area contributed by atoms with Crippen molar-refractivity contribution in [1.82, 2.24) is 0 Å². The van der Waals surface area contributed by atoms with E-state index in [1.807, 2.05) is 0 Å². The zero-order chi connectivity index (χ0) is 9.42. The lowest BCUT2D eigenvalue weighted by molar-refractivity contribution is 0.518. The second kappa shape index (κ2) is 3.31. The number of halogens is 1. The normalized spacial score (nSPS) is 17.3. The van der Waals surface area contributed by atoms with Gasteiger partial charge in [-0.25, -0.2) is 0 Å². The molecule has 0 radical (unpaired) electrons. The largest absolute Gasteiger partial charge is 0.368 e. The first-order valence-corrected chi connectivity index (χ1v) is 5.23. The van der Waals surface area contributed by atoms with Gasteiger partial charge in [0.25, 0.3) is 0 Å². The lowest BCUT2D eigenvalue weighted by Gasteiger charge is -2.39. The predicted octanol–water partition coefficient (Wildman–Crippen LogP) is 1.90. The smallest absolute Gasteiger partial charge is 0.0397 e. The molecule has 0 aliphatic carbocycles. The second-order valence-electron chi connectivity index (χ2n) is 3.60. The highest BCUT2D eigenvalue weighted by Gasteiger charge is 2.23. The van der Waals surface area contributed by atoms with E-state index in [0.29, 0.717) is 6.04 Å². The van der Waals surface area contributed by atoms with Crippen molar-refractivity contribution in [2.24, 2.45) is 5.73 Å². The number of anilines is 1. The van der Waals surface area contributed by atoms with Gasteiger partial charge in [0.05, 0.1) is 0 Å². The van der Waals surface area contributed by atoms with Gasteiger partial charge in [-0.15, -0.1) is 0 Å². The summed E-state index contributed by atoms with van der Waals surface area (Å²) < 4.78 is 1.14. The Labute approximate surface area is 86.9 Å². The molecule has 1 aromatic rings. The van der Waals surface area contributed by atoms with Crippen LogP contribution >= 0.6 is 15.9 Å². The summed E-state index contributed by atoms with van der Waals surface area (Å²) in [5.41, 5.74) is 8.35. The highest BCUT2D eigenvalue weighted by atomic mass is 79.9. The maximum atomic E-state index is 5.74. The molecule has 0 unspecified atom stereocenters. The maximum absolute atomic E-state index is 5.74. The van der Waals surface area contributed by atoms with Crippen molar-refractivity contribution in [3.63, 3.8) is 0 Å². The van der Waals surface area contributed by atoms with E-state index in [1.165, 1.54) is 11.3 Å². The topological polar surface area (TPSA) is 29.3 Å². The third kappa shape index (κ3) is 1.71. The van der Waals surface area contributed by atoms with Crippen LogP contribution in [0.5, 0.6) is 0 Å². The van der Waals surface area contributed by atoms with Gasteiger partial charge in [0.1, 0.15) is 0 Å². The molecule has 3 heteroatoms. The van der Waals surface area contributed by atoms with E-state index in [-0.39, 0.29) is 0 Å². The lowest BCUT2D eigenvalue weighted by Crippen LogP contribution is -2.56. The summed E-state index contributed by atoms with van der Waals surface area (Å²) >= 11 is 3.45. The summed E-state index contributed by atoms with van der Waals surface area (Å²) in [6.45, 7) is 4.11. The minimum absolute atomic E-state index is 0.364. The monoisotopic (exact) mass is 240 g/mol. The number of benzene rings is 1. The predicted molar refractivity (Wildman–Crippen MR) is 59.1 cm³/mol. The van der Waals surface area contributed by atoms with E-state index in [1.54, 1.807) is 0 Å². The van der Waals surface area contributed by atoms with Gasteiger partial charge in [0, 0.05) is 29.3 Å². The van der Waals surface area contributed by atoms with Crippen molar-refractivity contribution in [1.29, 1.82) is 0 Å². The number of nitrogens with two attached hydrogens (primary N) is 1. The molecule has 13 heavy (non-hydrogen) atoms. The average molecular weight is 241 g/mol. The molecule has 2 nitrogen and oxygen atoms in total. The van der Waals surface area contributed by atoms with Crippen molar-refractivity contribution in [2.75, 3.05) is 18.0 Å². The van der Waals surface area contributed by atoms with Gasteiger partial charge in [-0.05, 0) is 30.7 Å². The summed E-state index contributed by atoms with van der Waals surface area (Å²) in [6, 6.07) is 6.72. The Morgan fingerprint density at radius 2 is 2.15 bits per heavy atom. The minimum Gasteiger partial charge on any atom is -0.368 e. The first-order chi connectivity index (χ1) is 6.16. The minimum atomic E-state index is 0.364. The summed E-state index contributed by atoms with van der Waals surface area (Å²) in [6.07, 6.45) is 0. The third-order valence-corrected chi connectivity index (χ3v) is 2.90. The average Bonchev–Trinajstić information content (AvgIpc) is 2.00. The summed E-state index contributed by atoms with van der Waals surface area (Å²) in [5, 5.41) is 0. The molecule has 1 saturated heterocycles. The summed E-state index contributed by atoms with van der Waals surface area (Å²) in [5.74, 6) is 0. The number of rotatable bonds is 1. The Balaban J connectivity index is 2.21. The Kier molecular flexibility index (Phi) is 2.30. The zero-order valence-electron chi connectivity index (χ0n) is 7.63. The molecule has 0 bridgehead atoms. The molecule has 2 rings (SSSR count). The van der Waals surface area contributed by atoms with Crippen LogP contribution in [0.3, 0.4) is 0 Å². The Morgan fingerprint density at radius 1 is 1.46 bits per heavy atom. The summed E-state index contributed by atoms with van der Waals surface area (Å²) in [7, 11) is 0. The Hall–Kier alpha value is -0.540. The van der Waals surface area contributed by atoms with Crippen LogP contribution in [0.2, 0.25) is 0 Å². The van der Waals surface area contributed by atoms with E-state index in [9.17, 15) is 0 Å². The van der Waals surface area contributed by atoms with Crippen LogP contribution in [-0.4, -0.2) is 19.1 Å². The van der Waals surface area contributed by atoms with Gasteiger partial charge >= 0.3 is 0 Å². The molecule has 0 amide bonds. The number of hydrogen-bond donors (Lipinski definition) is 1. The first-order valence-electron chi connectivity index (χ1n) is 4.43. The standard InChI is InChI=1S/C10H13BrN2/c1-7-4-8(11)2-3-10(7)13-5-9(12)6-13/h2-4,9H,5-6,12H2,1H3. The van der Waals surface area contributed by atoms with Crippen molar-refractivity contribution in [3.8, 4) is 0 Å². The van der Waals surface area contributed by atoms with Crippen LogP contribution < -0.4 is 10.6 Å². The van der Waals surface area contributed by atoms with Gasteiger partial charge < -0.3 is 10.6 Å². The van der Waals surface area contributed by atoms with Gasteiger partial charge in [-0.2, -0.15) is 0 Å². The highest BCUT2D eigenvalue weighted by molar-refractivity contribution is 9.10.